The molecule has 4 aromatic rings. The number of benzene rings is 2. The number of ether oxygens (including phenoxy) is 2. The van der Waals surface area contributed by atoms with Gasteiger partial charge in [0.1, 0.15) is 12.7 Å². The van der Waals surface area contributed by atoms with Gasteiger partial charge in [0.25, 0.3) is 11.7 Å². The van der Waals surface area contributed by atoms with E-state index in [1.165, 1.54) is 11.8 Å². The maximum atomic E-state index is 13.7. The van der Waals surface area contributed by atoms with Crippen molar-refractivity contribution in [1.29, 1.82) is 0 Å². The first-order valence-electron chi connectivity index (χ1n) is 11.7. The van der Waals surface area contributed by atoms with Crippen LogP contribution in [0.15, 0.2) is 71.9 Å². The van der Waals surface area contributed by atoms with E-state index in [9.17, 15) is 4.79 Å². The van der Waals surface area contributed by atoms with E-state index in [2.05, 4.69) is 15.1 Å². The van der Waals surface area contributed by atoms with Crippen molar-refractivity contribution in [2.75, 3.05) is 32.6 Å². The Morgan fingerprint density at radius 3 is 2.64 bits per heavy atom. The maximum absolute atomic E-state index is 13.7. The molecule has 5 rings (SSSR count). The van der Waals surface area contributed by atoms with Gasteiger partial charge in [-0.3, -0.25) is 4.79 Å². The van der Waals surface area contributed by atoms with Gasteiger partial charge < -0.3 is 14.4 Å². The number of amides is 1. The lowest BCUT2D eigenvalue weighted by Crippen LogP contribution is -2.47. The Labute approximate surface area is 214 Å². The first-order valence-corrected chi connectivity index (χ1v) is 13.0. The number of aromatic nitrogens is 4. The first-order chi connectivity index (χ1) is 17.6. The van der Waals surface area contributed by atoms with E-state index in [1.807, 2.05) is 90.9 Å². The van der Waals surface area contributed by atoms with Gasteiger partial charge in [-0.1, -0.05) is 72.4 Å². The molecule has 0 bridgehead atoms. The topological polar surface area (TPSA) is 81.9 Å². The average molecular weight is 502 g/mol. The van der Waals surface area contributed by atoms with Gasteiger partial charge in [-0.15, -0.1) is 5.10 Å². The summed E-state index contributed by atoms with van der Waals surface area (Å²) >= 11 is 1.45. The number of rotatable bonds is 7. The first kappa shape index (κ1) is 24.0. The SMILES string of the molecule is CSc1nc2nc(C)cc(OCC3CN(C(=O)/C(=C/c4ccccc4)c4ccccc4)CCO3)n2n1. The number of carbonyl (C=O) groups is 1. The fraction of sp³-hybridized carbons (Fsp3) is 0.259. The molecule has 1 aliphatic rings. The molecule has 2 aromatic heterocycles. The van der Waals surface area contributed by atoms with Gasteiger partial charge in [-0.05, 0) is 30.4 Å². The van der Waals surface area contributed by atoms with Crippen LogP contribution in [0.5, 0.6) is 5.88 Å². The van der Waals surface area contributed by atoms with Gasteiger partial charge in [0.15, 0.2) is 0 Å². The Morgan fingerprint density at radius 1 is 1.14 bits per heavy atom. The molecule has 0 radical (unpaired) electrons. The molecule has 0 spiro atoms. The van der Waals surface area contributed by atoms with E-state index in [0.29, 0.717) is 42.1 Å². The number of hydrogen-bond acceptors (Lipinski definition) is 7. The predicted molar refractivity (Wildman–Crippen MR) is 140 cm³/mol. The molecule has 36 heavy (non-hydrogen) atoms. The average Bonchev–Trinajstić information content (AvgIpc) is 3.34. The van der Waals surface area contributed by atoms with Gasteiger partial charge >= 0.3 is 0 Å². The van der Waals surface area contributed by atoms with Crippen molar-refractivity contribution >= 4 is 35.1 Å². The van der Waals surface area contributed by atoms with Gasteiger partial charge in [-0.2, -0.15) is 9.50 Å². The normalized spacial score (nSPS) is 16.3. The Morgan fingerprint density at radius 2 is 1.89 bits per heavy atom. The van der Waals surface area contributed by atoms with Gasteiger partial charge in [0, 0.05) is 23.9 Å². The molecule has 1 atom stereocenters. The van der Waals surface area contributed by atoms with Crippen LogP contribution in [-0.2, 0) is 9.53 Å². The lowest BCUT2D eigenvalue weighted by molar-refractivity contribution is -0.133. The molecular formula is C27H27N5O3S. The summed E-state index contributed by atoms with van der Waals surface area (Å²) < 4.78 is 13.6. The molecule has 1 fully saturated rings. The standard InChI is InChI=1S/C27H27N5O3S/c1-19-15-24(32-26(28-19)29-27(30-32)36-2)35-18-22-17-31(13-14-34-22)25(33)23(21-11-7-4-8-12-21)16-20-9-5-3-6-10-20/h3-12,15-16,22H,13-14,17-18H2,1-2H3/b23-16+. The van der Waals surface area contributed by atoms with Crippen molar-refractivity contribution in [3.05, 3.63) is 83.6 Å². The molecule has 1 saturated heterocycles. The number of carbonyl (C=O) groups excluding carboxylic acids is 1. The Bertz CT molecular complexity index is 1370. The van der Waals surface area contributed by atoms with Gasteiger partial charge in [-0.25, -0.2) is 4.98 Å². The monoisotopic (exact) mass is 501 g/mol. The van der Waals surface area contributed by atoms with Gasteiger partial charge in [0.05, 0.1) is 13.2 Å². The van der Waals surface area contributed by atoms with Crippen molar-refractivity contribution in [3.8, 4) is 5.88 Å². The smallest absolute Gasteiger partial charge is 0.256 e. The van der Waals surface area contributed by atoms with Crippen molar-refractivity contribution < 1.29 is 14.3 Å². The molecular weight excluding hydrogens is 474 g/mol. The van der Waals surface area contributed by atoms with E-state index < -0.39 is 0 Å². The van der Waals surface area contributed by atoms with Crippen LogP contribution in [0.25, 0.3) is 17.4 Å². The van der Waals surface area contributed by atoms with Crippen LogP contribution in [0.2, 0.25) is 0 Å². The largest absolute Gasteiger partial charge is 0.475 e. The minimum Gasteiger partial charge on any atom is -0.475 e. The highest BCUT2D eigenvalue weighted by Gasteiger charge is 2.28. The minimum absolute atomic E-state index is 0.0265. The van der Waals surface area contributed by atoms with E-state index in [4.69, 9.17) is 9.47 Å². The zero-order valence-electron chi connectivity index (χ0n) is 20.2. The molecule has 2 aromatic carbocycles. The van der Waals surface area contributed by atoms with E-state index in [1.54, 1.807) is 4.52 Å². The van der Waals surface area contributed by atoms with Crippen molar-refractivity contribution in [2.24, 2.45) is 0 Å². The highest BCUT2D eigenvalue weighted by Crippen LogP contribution is 2.23. The summed E-state index contributed by atoms with van der Waals surface area (Å²) in [6.07, 6.45) is 3.59. The maximum Gasteiger partial charge on any atom is 0.256 e. The molecule has 1 unspecified atom stereocenters. The van der Waals surface area contributed by atoms with Crippen LogP contribution in [0, 0.1) is 6.92 Å². The molecule has 9 heteroatoms. The summed E-state index contributed by atoms with van der Waals surface area (Å²) in [6.45, 7) is 3.56. The van der Waals surface area contributed by atoms with E-state index in [0.717, 1.165) is 16.8 Å². The number of thioether (sulfide) groups is 1. The summed E-state index contributed by atoms with van der Waals surface area (Å²) in [6, 6.07) is 21.5. The Balaban J connectivity index is 1.33. The fourth-order valence-corrected chi connectivity index (χ4v) is 4.42. The molecule has 0 N–H and O–H groups in total. The summed E-state index contributed by atoms with van der Waals surface area (Å²) in [4.78, 5) is 24.4. The van der Waals surface area contributed by atoms with Crippen LogP contribution in [0.3, 0.4) is 0 Å². The predicted octanol–water partition coefficient (Wildman–Crippen LogP) is 4.00. The summed E-state index contributed by atoms with van der Waals surface area (Å²) in [7, 11) is 0. The lowest BCUT2D eigenvalue weighted by Gasteiger charge is -2.33. The zero-order valence-corrected chi connectivity index (χ0v) is 21.0. The molecule has 1 amide bonds. The third kappa shape index (κ3) is 5.42. The molecule has 1 aliphatic heterocycles. The third-order valence-electron chi connectivity index (χ3n) is 5.84. The minimum atomic E-state index is -0.275. The lowest BCUT2D eigenvalue weighted by atomic mass is 10.0. The Hall–Kier alpha value is -3.69. The summed E-state index contributed by atoms with van der Waals surface area (Å²) in [5.41, 5.74) is 3.31. The van der Waals surface area contributed by atoms with Crippen molar-refractivity contribution in [2.45, 2.75) is 18.2 Å². The fourth-order valence-electron chi connectivity index (χ4n) is 4.08. The molecule has 0 aliphatic carbocycles. The number of aryl methyl sites for hydroxylation is 1. The molecule has 0 saturated carbocycles. The quantitative estimate of drug-likeness (QED) is 0.215. The summed E-state index contributed by atoms with van der Waals surface area (Å²) in [5, 5.41) is 5.07. The molecule has 3 heterocycles. The number of morpholine rings is 1. The second kappa shape index (κ2) is 10.9. The highest BCUT2D eigenvalue weighted by molar-refractivity contribution is 7.98. The van der Waals surface area contributed by atoms with Crippen molar-refractivity contribution in [3.63, 3.8) is 0 Å². The van der Waals surface area contributed by atoms with E-state index >= 15 is 0 Å². The van der Waals surface area contributed by atoms with Crippen LogP contribution in [0.4, 0.5) is 0 Å². The van der Waals surface area contributed by atoms with Crippen LogP contribution >= 0.6 is 11.8 Å². The number of nitrogens with zero attached hydrogens (tertiary/aromatic N) is 5. The van der Waals surface area contributed by atoms with Crippen LogP contribution < -0.4 is 4.74 Å². The van der Waals surface area contributed by atoms with Crippen LogP contribution in [0.1, 0.15) is 16.8 Å². The number of hydrogen-bond donors (Lipinski definition) is 0. The Kier molecular flexibility index (Phi) is 7.29. The number of fused-ring (bicyclic) bond motifs is 1. The van der Waals surface area contributed by atoms with Crippen molar-refractivity contribution in [1.82, 2.24) is 24.5 Å². The second-order valence-corrected chi connectivity index (χ2v) is 9.21. The van der Waals surface area contributed by atoms with Gasteiger partial charge in [0.2, 0.25) is 11.0 Å². The van der Waals surface area contributed by atoms with Crippen LogP contribution in [-0.4, -0.2) is 69.1 Å². The molecule has 8 nitrogen and oxygen atoms in total. The molecule has 184 valence electrons. The second-order valence-electron chi connectivity index (χ2n) is 8.44. The third-order valence-corrected chi connectivity index (χ3v) is 6.38. The summed E-state index contributed by atoms with van der Waals surface area (Å²) in [5.74, 6) is 1.02. The highest BCUT2D eigenvalue weighted by atomic mass is 32.2. The van der Waals surface area contributed by atoms with E-state index in [-0.39, 0.29) is 18.6 Å². The zero-order chi connectivity index (χ0) is 24.9.